The number of hydrogen-bond acceptors (Lipinski definition) is 11. The summed E-state index contributed by atoms with van der Waals surface area (Å²) in [4.78, 5) is 67.7. The summed E-state index contributed by atoms with van der Waals surface area (Å²) in [6.07, 6.45) is -7.43. The summed E-state index contributed by atoms with van der Waals surface area (Å²) in [6, 6.07) is 16.7. The predicted molar refractivity (Wildman–Crippen MR) is 224 cm³/mol. The van der Waals surface area contributed by atoms with E-state index >= 15 is 0 Å². The van der Waals surface area contributed by atoms with Crippen molar-refractivity contribution in [3.05, 3.63) is 120 Å². The van der Waals surface area contributed by atoms with Gasteiger partial charge in [-0.1, -0.05) is 24.3 Å². The lowest BCUT2D eigenvalue weighted by atomic mass is 10.1. The van der Waals surface area contributed by atoms with Crippen LogP contribution in [0.2, 0.25) is 0 Å². The molecule has 0 radical (unpaired) electrons. The summed E-state index contributed by atoms with van der Waals surface area (Å²) in [5, 5.41) is 7.89. The molecule has 67 heavy (non-hydrogen) atoms. The fourth-order valence-electron chi connectivity index (χ4n) is 6.66. The molecule has 0 saturated carbocycles. The van der Waals surface area contributed by atoms with Crippen LogP contribution in [0.25, 0.3) is 11.5 Å². The average Bonchev–Trinajstić information content (AvgIpc) is 3.82. The molecule has 2 aromatic carbocycles. The number of aromatic nitrogens is 4. The second-order valence-corrected chi connectivity index (χ2v) is 15.3. The van der Waals surface area contributed by atoms with E-state index in [1.54, 1.807) is 21.9 Å². The fraction of sp³-hybridized carbons (Fsp3) is 0.349. The summed E-state index contributed by atoms with van der Waals surface area (Å²) < 4.78 is 109. The molecule has 24 heteroatoms. The van der Waals surface area contributed by atoms with Crippen molar-refractivity contribution < 1.29 is 58.7 Å². The van der Waals surface area contributed by atoms with Crippen LogP contribution in [0.1, 0.15) is 27.6 Å². The molecule has 2 fully saturated rings. The van der Waals surface area contributed by atoms with Gasteiger partial charge in [-0.2, -0.15) is 26.3 Å². The summed E-state index contributed by atoms with van der Waals surface area (Å²) in [7, 11) is 3.90. The molecule has 16 nitrogen and oxygen atoms in total. The third-order valence-electron chi connectivity index (χ3n) is 10.5. The largest absolute Gasteiger partial charge is 0.471 e. The van der Waals surface area contributed by atoms with Gasteiger partial charge in [0.05, 0.1) is 48.0 Å². The van der Waals surface area contributed by atoms with Gasteiger partial charge in [-0.25, -0.2) is 18.4 Å². The number of piperazine rings is 2. The summed E-state index contributed by atoms with van der Waals surface area (Å²) in [6.45, 7) is 3.75. The predicted octanol–water partition coefficient (Wildman–Crippen LogP) is 6.12. The molecule has 5 amide bonds. The zero-order chi connectivity index (χ0) is 48.5. The van der Waals surface area contributed by atoms with Gasteiger partial charge in [-0.15, -0.1) is 10.2 Å². The standard InChI is InChI=1S/C22H23F4N5O3.C21H20F4N6O2/c1-29-8-10-30(11-9-29)21(34)31(18-5-3-2-4-17(18)23)14-16-7-6-15(12-27-16)19(32)13-28-20(33)22(24,25)26;1-29-8-10-30(11-9-29)20(32)31(17-5-3-2-4-16(17)22)13-15-7-6-14(12-26-15)18-27-28-19(33-18)21(23,24)25/h2-7,12H,8-11,13-14H2,1H3,(H,28,33);2-7,12H,8-11,13H2,1H3. The fourth-order valence-corrected chi connectivity index (χ4v) is 6.66. The van der Waals surface area contributed by atoms with Crippen molar-refractivity contribution in [2.75, 3.05) is 82.8 Å². The minimum atomic E-state index is -5.09. The van der Waals surface area contributed by atoms with Crippen LogP contribution in [0.5, 0.6) is 0 Å². The van der Waals surface area contributed by atoms with Crippen LogP contribution in [-0.2, 0) is 24.1 Å². The maximum absolute atomic E-state index is 14.6. The van der Waals surface area contributed by atoms with Crippen LogP contribution in [0.15, 0.2) is 89.6 Å². The lowest BCUT2D eigenvalue weighted by Crippen LogP contribution is -2.52. The van der Waals surface area contributed by atoms with E-state index in [0.29, 0.717) is 63.7 Å². The summed E-state index contributed by atoms with van der Waals surface area (Å²) in [5.41, 5.74) is 1.09. The highest BCUT2D eigenvalue weighted by atomic mass is 19.4. The van der Waals surface area contributed by atoms with E-state index < -0.39 is 54.1 Å². The van der Waals surface area contributed by atoms with Crippen LogP contribution in [0.4, 0.5) is 56.1 Å². The molecule has 2 aliphatic rings. The van der Waals surface area contributed by atoms with Crippen LogP contribution >= 0.6 is 0 Å². The quantitative estimate of drug-likeness (QED) is 0.127. The lowest BCUT2D eigenvalue weighted by Gasteiger charge is -2.36. The van der Waals surface area contributed by atoms with Crippen LogP contribution in [-0.4, -0.2) is 143 Å². The highest BCUT2D eigenvalue weighted by Crippen LogP contribution is 2.31. The minimum Gasteiger partial charge on any atom is -0.413 e. The summed E-state index contributed by atoms with van der Waals surface area (Å²) in [5.74, 6) is -5.91. The van der Waals surface area contributed by atoms with Gasteiger partial charge in [0.15, 0.2) is 5.78 Å². The van der Waals surface area contributed by atoms with Crippen molar-refractivity contribution in [3.8, 4) is 11.5 Å². The Morgan fingerprint density at radius 3 is 1.52 bits per heavy atom. The first-order valence-corrected chi connectivity index (χ1v) is 20.5. The van der Waals surface area contributed by atoms with Crippen LogP contribution < -0.4 is 15.1 Å². The van der Waals surface area contributed by atoms with Gasteiger partial charge in [0, 0.05) is 70.3 Å². The number of Topliss-reactive ketones (excluding diaryl/α,β-unsaturated/α-hetero) is 1. The van der Waals surface area contributed by atoms with E-state index in [1.807, 2.05) is 14.1 Å². The molecule has 2 aliphatic heterocycles. The number of carbonyl (C=O) groups excluding carboxylic acids is 4. The number of likely N-dealkylation sites (N-methyl/N-ethyl adjacent to an activating group) is 2. The lowest BCUT2D eigenvalue weighted by molar-refractivity contribution is -0.173. The molecule has 7 rings (SSSR count). The Kier molecular flexibility index (Phi) is 15.8. The molecular weight excluding hydrogens is 903 g/mol. The van der Waals surface area contributed by atoms with Gasteiger partial charge in [0.2, 0.25) is 5.89 Å². The number of benzene rings is 2. The van der Waals surface area contributed by atoms with E-state index in [1.165, 1.54) is 82.0 Å². The Balaban J connectivity index is 0.000000221. The van der Waals surface area contributed by atoms with Gasteiger partial charge in [-0.05, 0) is 62.6 Å². The number of urea groups is 2. The van der Waals surface area contributed by atoms with Crippen molar-refractivity contribution in [2.45, 2.75) is 25.4 Å². The van der Waals surface area contributed by atoms with Crippen molar-refractivity contribution >= 4 is 35.1 Å². The molecule has 0 atom stereocenters. The van der Waals surface area contributed by atoms with Crippen molar-refractivity contribution in [1.29, 1.82) is 0 Å². The van der Waals surface area contributed by atoms with Gasteiger partial charge < -0.3 is 29.3 Å². The highest BCUT2D eigenvalue weighted by molar-refractivity contribution is 5.99. The number of para-hydroxylation sites is 2. The van der Waals surface area contributed by atoms with Gasteiger partial charge in [0.1, 0.15) is 11.6 Å². The zero-order valence-corrected chi connectivity index (χ0v) is 35.9. The molecule has 0 unspecified atom stereocenters. The summed E-state index contributed by atoms with van der Waals surface area (Å²) >= 11 is 0. The molecule has 5 heterocycles. The number of amides is 5. The van der Waals surface area contributed by atoms with E-state index in [2.05, 4.69) is 34.4 Å². The molecule has 3 aromatic heterocycles. The second kappa shape index (κ2) is 21.5. The molecule has 0 spiro atoms. The minimum absolute atomic E-state index is 0.0194. The first kappa shape index (κ1) is 49.4. The second-order valence-electron chi connectivity index (χ2n) is 15.3. The highest BCUT2D eigenvalue weighted by Gasteiger charge is 2.39. The Bertz CT molecular complexity index is 2490. The van der Waals surface area contributed by atoms with Crippen molar-refractivity contribution in [1.82, 2.24) is 45.1 Å². The molecule has 356 valence electrons. The zero-order valence-electron chi connectivity index (χ0n) is 35.9. The number of hydrogen-bond donors (Lipinski definition) is 1. The molecular formula is C43H43F8N11O5. The Morgan fingerprint density at radius 1 is 0.642 bits per heavy atom. The number of carbonyl (C=O) groups is 4. The van der Waals surface area contributed by atoms with E-state index in [0.717, 1.165) is 6.20 Å². The third-order valence-corrected chi connectivity index (χ3v) is 10.5. The number of alkyl halides is 6. The maximum atomic E-state index is 14.6. The van der Waals surface area contributed by atoms with Gasteiger partial charge in [-0.3, -0.25) is 29.4 Å². The monoisotopic (exact) mass is 945 g/mol. The normalized spacial score (nSPS) is 14.8. The Morgan fingerprint density at radius 2 is 1.12 bits per heavy atom. The van der Waals surface area contributed by atoms with Crippen molar-refractivity contribution in [2.24, 2.45) is 0 Å². The number of nitrogens with zero attached hydrogens (tertiary/aromatic N) is 10. The third kappa shape index (κ3) is 13.1. The Hall–Kier alpha value is -7.08. The van der Waals surface area contributed by atoms with Crippen LogP contribution in [0.3, 0.4) is 0 Å². The van der Waals surface area contributed by atoms with Gasteiger partial charge in [0.25, 0.3) is 0 Å². The topological polar surface area (TPSA) is 164 Å². The number of anilines is 2. The molecule has 5 aromatic rings. The SMILES string of the molecule is CN1CCN(C(=O)N(Cc2ccc(-c3nnc(C(F)(F)F)o3)cn2)c2ccccc2F)CC1.CN1CCN(C(=O)N(Cc2ccc(C(=O)CNC(=O)C(F)(F)F)cn2)c2ccccc2F)CC1. The number of rotatable bonds is 10. The van der Waals surface area contributed by atoms with E-state index in [4.69, 9.17) is 0 Å². The molecule has 0 bridgehead atoms. The average molecular weight is 946 g/mol. The van der Waals surface area contributed by atoms with E-state index in [-0.39, 0.29) is 47.5 Å². The first-order valence-electron chi connectivity index (χ1n) is 20.5. The van der Waals surface area contributed by atoms with Gasteiger partial charge >= 0.3 is 36.2 Å². The number of halogens is 8. The number of ketones is 1. The number of nitrogens with one attached hydrogen (secondary N) is 1. The maximum Gasteiger partial charge on any atom is 0.471 e. The molecule has 0 aliphatic carbocycles. The Labute approximate surface area is 377 Å². The molecule has 2 saturated heterocycles. The first-order chi connectivity index (χ1) is 31.8. The number of pyridine rings is 2. The smallest absolute Gasteiger partial charge is 0.413 e. The van der Waals surface area contributed by atoms with Crippen LogP contribution in [0, 0.1) is 11.6 Å². The van der Waals surface area contributed by atoms with Crippen molar-refractivity contribution in [3.63, 3.8) is 0 Å². The molecule has 1 N–H and O–H groups in total. The van der Waals surface area contributed by atoms with E-state index in [9.17, 15) is 54.3 Å².